The number of nitrogens with one attached hydrogen (secondary N) is 2. The summed E-state index contributed by atoms with van der Waals surface area (Å²) in [6.07, 6.45) is 2.97. The van der Waals surface area contributed by atoms with Crippen molar-refractivity contribution in [2.75, 3.05) is 11.9 Å². The van der Waals surface area contributed by atoms with Crippen LogP contribution in [0.5, 0.6) is 0 Å². The van der Waals surface area contributed by atoms with Crippen molar-refractivity contribution < 1.29 is 4.79 Å². The zero-order valence-electron chi connectivity index (χ0n) is 11.6. The van der Waals surface area contributed by atoms with Gasteiger partial charge in [-0.1, -0.05) is 28.1 Å². The number of hydrogen-bond acceptors (Lipinski definition) is 4. The maximum Gasteiger partial charge on any atom is 0.270 e. The van der Waals surface area contributed by atoms with Crippen LogP contribution in [0.1, 0.15) is 16.1 Å². The van der Waals surface area contributed by atoms with Gasteiger partial charge in [-0.05, 0) is 24.6 Å². The molecule has 0 saturated carbocycles. The third kappa shape index (κ3) is 4.13. The summed E-state index contributed by atoms with van der Waals surface area (Å²) in [4.78, 5) is 19.9. The van der Waals surface area contributed by atoms with Gasteiger partial charge in [-0.2, -0.15) is 0 Å². The van der Waals surface area contributed by atoms with Crippen LogP contribution < -0.4 is 10.6 Å². The molecule has 0 spiro atoms. The smallest absolute Gasteiger partial charge is 0.270 e. The van der Waals surface area contributed by atoms with Crippen LogP contribution in [-0.2, 0) is 0 Å². The van der Waals surface area contributed by atoms with E-state index in [9.17, 15) is 4.79 Å². The lowest BCUT2D eigenvalue weighted by atomic mass is 10.2. The van der Waals surface area contributed by atoms with E-state index in [0.717, 1.165) is 15.7 Å². The Morgan fingerprint density at radius 1 is 1.38 bits per heavy atom. The summed E-state index contributed by atoms with van der Waals surface area (Å²) in [5.74, 6) is 0.301. The van der Waals surface area contributed by atoms with E-state index in [1.54, 1.807) is 12.1 Å². The molecular weight excluding hydrogens is 332 g/mol. The van der Waals surface area contributed by atoms with Gasteiger partial charge in [0.2, 0.25) is 0 Å². The van der Waals surface area contributed by atoms with Gasteiger partial charge in [0.25, 0.3) is 5.91 Å². The molecule has 5 nitrogen and oxygen atoms in total. The van der Waals surface area contributed by atoms with Crippen molar-refractivity contribution in [2.24, 2.45) is 0 Å². The van der Waals surface area contributed by atoms with E-state index in [0.29, 0.717) is 18.1 Å². The fourth-order valence-corrected chi connectivity index (χ4v) is 2.00. The summed E-state index contributed by atoms with van der Waals surface area (Å²) in [5, 5.41) is 5.82. The molecule has 0 unspecified atom stereocenters. The van der Waals surface area contributed by atoms with E-state index in [1.165, 1.54) is 6.33 Å². The van der Waals surface area contributed by atoms with E-state index in [4.69, 9.17) is 0 Å². The van der Waals surface area contributed by atoms with Crippen LogP contribution in [0.3, 0.4) is 0 Å². The Bertz CT molecular complexity index is 672. The van der Waals surface area contributed by atoms with Gasteiger partial charge in [0.05, 0.1) is 0 Å². The van der Waals surface area contributed by atoms with Crippen LogP contribution in [0.15, 0.2) is 47.7 Å². The minimum Gasteiger partial charge on any atom is -0.347 e. The number of hydrogen-bond donors (Lipinski definition) is 2. The first-order valence-corrected chi connectivity index (χ1v) is 7.14. The Balaban J connectivity index is 2.15. The lowest BCUT2D eigenvalue weighted by Gasteiger charge is -2.08. The van der Waals surface area contributed by atoms with E-state index in [-0.39, 0.29) is 5.91 Å². The number of nitrogens with zero attached hydrogens (tertiary/aromatic N) is 2. The summed E-state index contributed by atoms with van der Waals surface area (Å²) < 4.78 is 1.01. The van der Waals surface area contributed by atoms with E-state index < -0.39 is 0 Å². The molecule has 1 aromatic carbocycles. The predicted molar refractivity (Wildman–Crippen MR) is 86.7 cm³/mol. The van der Waals surface area contributed by atoms with Crippen molar-refractivity contribution >= 4 is 33.3 Å². The lowest BCUT2D eigenvalue weighted by Crippen LogP contribution is -2.24. The van der Waals surface area contributed by atoms with Crippen molar-refractivity contribution in [1.29, 1.82) is 0 Å². The molecule has 0 bridgehead atoms. The number of benzene rings is 1. The van der Waals surface area contributed by atoms with Crippen molar-refractivity contribution in [3.8, 4) is 0 Å². The van der Waals surface area contributed by atoms with Gasteiger partial charge in [0, 0.05) is 22.8 Å². The van der Waals surface area contributed by atoms with Crippen LogP contribution in [0.2, 0.25) is 0 Å². The average molecular weight is 347 g/mol. The molecule has 0 atom stereocenters. The lowest BCUT2D eigenvalue weighted by molar-refractivity contribution is 0.0953. The van der Waals surface area contributed by atoms with Gasteiger partial charge in [0.15, 0.2) is 0 Å². The molecule has 1 aromatic heterocycles. The van der Waals surface area contributed by atoms with Gasteiger partial charge >= 0.3 is 0 Å². The Morgan fingerprint density at radius 2 is 2.19 bits per heavy atom. The molecule has 2 aromatic rings. The summed E-state index contributed by atoms with van der Waals surface area (Å²) in [6.45, 7) is 5.96. The minimum absolute atomic E-state index is 0.259. The number of aryl methyl sites for hydroxylation is 1. The maximum atomic E-state index is 11.8. The Labute approximate surface area is 131 Å². The molecule has 108 valence electrons. The highest BCUT2D eigenvalue weighted by molar-refractivity contribution is 9.10. The average Bonchev–Trinajstić information content (AvgIpc) is 2.49. The summed E-state index contributed by atoms with van der Waals surface area (Å²) in [7, 11) is 0. The van der Waals surface area contributed by atoms with Gasteiger partial charge in [0.1, 0.15) is 17.8 Å². The third-order valence-electron chi connectivity index (χ3n) is 2.75. The molecule has 1 heterocycles. The topological polar surface area (TPSA) is 66.9 Å². The first-order valence-electron chi connectivity index (χ1n) is 6.34. The summed E-state index contributed by atoms with van der Waals surface area (Å²) >= 11 is 3.48. The van der Waals surface area contributed by atoms with Gasteiger partial charge in [-0.3, -0.25) is 4.79 Å². The van der Waals surface area contributed by atoms with Crippen molar-refractivity contribution in [3.63, 3.8) is 0 Å². The van der Waals surface area contributed by atoms with Gasteiger partial charge in [-0.25, -0.2) is 9.97 Å². The zero-order valence-corrected chi connectivity index (χ0v) is 13.1. The second-order valence-corrected chi connectivity index (χ2v) is 5.23. The molecule has 0 aliphatic heterocycles. The first kappa shape index (κ1) is 15.2. The number of anilines is 2. The van der Waals surface area contributed by atoms with E-state index >= 15 is 0 Å². The predicted octanol–water partition coefficient (Wildman–Crippen LogP) is 3.21. The highest BCUT2D eigenvalue weighted by atomic mass is 79.9. The second-order valence-electron chi connectivity index (χ2n) is 4.38. The zero-order chi connectivity index (χ0) is 15.2. The van der Waals surface area contributed by atoms with Crippen LogP contribution in [0.4, 0.5) is 11.5 Å². The SMILES string of the molecule is C=CCNC(=O)c1cc(Nc2ccc(C)c(Br)c2)ncn1. The monoisotopic (exact) mass is 346 g/mol. The number of rotatable bonds is 5. The molecule has 0 radical (unpaired) electrons. The van der Waals surface area contributed by atoms with Crippen molar-refractivity contribution in [1.82, 2.24) is 15.3 Å². The largest absolute Gasteiger partial charge is 0.347 e. The van der Waals surface area contributed by atoms with Crippen molar-refractivity contribution in [2.45, 2.75) is 6.92 Å². The fraction of sp³-hybridized carbons (Fsp3) is 0.133. The Kier molecular flexibility index (Phi) is 5.05. The van der Waals surface area contributed by atoms with Crippen LogP contribution in [0.25, 0.3) is 0 Å². The molecule has 2 rings (SSSR count). The third-order valence-corrected chi connectivity index (χ3v) is 3.61. The molecule has 6 heteroatoms. The van der Waals surface area contributed by atoms with E-state index in [1.807, 2.05) is 25.1 Å². The molecule has 0 aliphatic carbocycles. The molecule has 0 saturated heterocycles. The standard InChI is InChI=1S/C15H15BrN4O/c1-3-6-17-15(21)13-8-14(19-9-18-13)20-11-5-4-10(2)12(16)7-11/h3-5,7-9H,1,6H2,2H3,(H,17,21)(H,18,19,20). The normalized spacial score (nSPS) is 10.0. The highest BCUT2D eigenvalue weighted by Crippen LogP contribution is 2.22. The van der Waals surface area contributed by atoms with Crippen LogP contribution in [-0.4, -0.2) is 22.4 Å². The first-order chi connectivity index (χ1) is 10.1. The molecule has 21 heavy (non-hydrogen) atoms. The maximum absolute atomic E-state index is 11.8. The van der Waals surface area contributed by atoms with Crippen LogP contribution in [0, 0.1) is 6.92 Å². The number of halogens is 1. The quantitative estimate of drug-likeness (QED) is 0.815. The fourth-order valence-electron chi connectivity index (χ4n) is 1.62. The molecule has 0 fully saturated rings. The molecule has 1 amide bonds. The molecular formula is C15H15BrN4O. The molecule has 0 aliphatic rings. The Hall–Kier alpha value is -2.21. The van der Waals surface area contributed by atoms with E-state index in [2.05, 4.69) is 43.1 Å². The number of aromatic nitrogens is 2. The Morgan fingerprint density at radius 3 is 2.90 bits per heavy atom. The minimum atomic E-state index is -0.259. The second kappa shape index (κ2) is 6.99. The van der Waals surface area contributed by atoms with Gasteiger partial charge < -0.3 is 10.6 Å². The van der Waals surface area contributed by atoms with Gasteiger partial charge in [-0.15, -0.1) is 6.58 Å². The summed E-state index contributed by atoms with van der Waals surface area (Å²) in [6, 6.07) is 7.49. The number of carbonyl (C=O) groups is 1. The highest BCUT2D eigenvalue weighted by Gasteiger charge is 2.08. The number of carbonyl (C=O) groups excluding carboxylic acids is 1. The molecule has 2 N–H and O–H groups in total. The summed E-state index contributed by atoms with van der Waals surface area (Å²) in [5.41, 5.74) is 2.33. The van der Waals surface area contributed by atoms with Crippen LogP contribution >= 0.6 is 15.9 Å². The van der Waals surface area contributed by atoms with Crippen molar-refractivity contribution in [3.05, 3.63) is 59.0 Å². The number of amides is 1.